The number of aliphatic carboxylic acids is 1. The van der Waals surface area contributed by atoms with Crippen LogP contribution in [0.5, 0.6) is 0 Å². The molecule has 1 saturated carbocycles. The molecule has 15 heavy (non-hydrogen) atoms. The molecule has 2 atom stereocenters. The number of hydrogen-bond acceptors (Lipinski definition) is 3. The van der Waals surface area contributed by atoms with Crippen molar-refractivity contribution in [2.75, 3.05) is 5.73 Å². The summed E-state index contributed by atoms with van der Waals surface area (Å²) in [6.07, 6.45) is 0.457. The summed E-state index contributed by atoms with van der Waals surface area (Å²) in [6.45, 7) is 0. The molecule has 2 rings (SSSR count). The van der Waals surface area contributed by atoms with E-state index in [1.807, 2.05) is 0 Å². The second kappa shape index (κ2) is 3.38. The number of carboxylic acid groups (broad SMARTS) is 1. The Morgan fingerprint density at radius 3 is 2.27 bits per heavy atom. The summed E-state index contributed by atoms with van der Waals surface area (Å²) >= 11 is 0. The maximum atomic E-state index is 11.7. The van der Waals surface area contributed by atoms with Crippen molar-refractivity contribution in [1.29, 1.82) is 0 Å². The molecule has 0 aromatic heterocycles. The quantitative estimate of drug-likeness (QED) is 0.573. The molecule has 0 heterocycles. The maximum absolute atomic E-state index is 11.7. The number of Topliss-reactive ketones (excluding diaryl/α,β-unsaturated/α-hetero) is 1. The molecule has 0 radical (unpaired) electrons. The number of carbonyl (C=O) groups excluding carboxylic acids is 1. The molecule has 78 valence electrons. The van der Waals surface area contributed by atoms with Crippen LogP contribution >= 0.6 is 0 Å². The summed E-state index contributed by atoms with van der Waals surface area (Å²) in [6, 6.07) is 6.56. The molecule has 0 spiro atoms. The van der Waals surface area contributed by atoms with Gasteiger partial charge in [-0.3, -0.25) is 9.59 Å². The number of benzene rings is 1. The Labute approximate surface area is 86.7 Å². The van der Waals surface area contributed by atoms with Crippen LogP contribution in [0.4, 0.5) is 5.69 Å². The molecule has 1 aromatic rings. The van der Waals surface area contributed by atoms with Crippen molar-refractivity contribution in [2.45, 2.75) is 6.42 Å². The van der Waals surface area contributed by atoms with Gasteiger partial charge in [0.05, 0.1) is 5.92 Å². The molecule has 4 heteroatoms. The van der Waals surface area contributed by atoms with Gasteiger partial charge in [0.25, 0.3) is 0 Å². The van der Waals surface area contributed by atoms with E-state index in [-0.39, 0.29) is 11.7 Å². The highest BCUT2D eigenvalue weighted by Gasteiger charge is 2.48. The maximum Gasteiger partial charge on any atom is 0.307 e. The summed E-state index contributed by atoms with van der Waals surface area (Å²) < 4.78 is 0. The fourth-order valence-electron chi connectivity index (χ4n) is 1.62. The molecule has 1 aliphatic rings. The number of carbonyl (C=O) groups is 2. The molecule has 4 nitrogen and oxygen atoms in total. The van der Waals surface area contributed by atoms with Crippen molar-refractivity contribution in [3.05, 3.63) is 29.8 Å². The Balaban J connectivity index is 2.10. The number of rotatable bonds is 3. The van der Waals surface area contributed by atoms with Gasteiger partial charge in [-0.25, -0.2) is 0 Å². The lowest BCUT2D eigenvalue weighted by molar-refractivity contribution is -0.138. The van der Waals surface area contributed by atoms with Crippen LogP contribution in [0.1, 0.15) is 16.8 Å². The van der Waals surface area contributed by atoms with Crippen LogP contribution in [0, 0.1) is 11.8 Å². The van der Waals surface area contributed by atoms with Crippen molar-refractivity contribution >= 4 is 17.4 Å². The fraction of sp³-hybridized carbons (Fsp3) is 0.273. The predicted octanol–water partition coefficient (Wildman–Crippen LogP) is 1.17. The average Bonchev–Trinajstić information content (AvgIpc) is 2.97. The summed E-state index contributed by atoms with van der Waals surface area (Å²) in [5.41, 5.74) is 6.62. The highest BCUT2D eigenvalue weighted by molar-refractivity contribution is 6.02. The van der Waals surface area contributed by atoms with Crippen LogP contribution in [-0.2, 0) is 4.79 Å². The largest absolute Gasteiger partial charge is 0.481 e. The molecule has 0 amide bonds. The van der Waals surface area contributed by atoms with Gasteiger partial charge in [0, 0.05) is 17.2 Å². The van der Waals surface area contributed by atoms with Crippen molar-refractivity contribution in [2.24, 2.45) is 11.8 Å². The first-order chi connectivity index (χ1) is 7.09. The minimum absolute atomic E-state index is 0.0950. The lowest BCUT2D eigenvalue weighted by Crippen LogP contribution is -2.08. The highest BCUT2D eigenvalue weighted by Crippen LogP contribution is 2.41. The Kier molecular flexibility index (Phi) is 2.19. The van der Waals surface area contributed by atoms with Gasteiger partial charge in [-0.1, -0.05) is 0 Å². The molecular weight excluding hydrogens is 194 g/mol. The van der Waals surface area contributed by atoms with E-state index in [1.165, 1.54) is 0 Å². The Bertz CT molecular complexity index is 410. The topological polar surface area (TPSA) is 80.4 Å². The summed E-state index contributed by atoms with van der Waals surface area (Å²) in [5.74, 6) is -1.81. The SMILES string of the molecule is Nc1ccc(C(=O)C2CC2C(=O)O)cc1. The minimum Gasteiger partial charge on any atom is -0.481 e. The summed E-state index contributed by atoms with van der Waals surface area (Å²) in [4.78, 5) is 22.3. The zero-order valence-corrected chi connectivity index (χ0v) is 8.01. The van der Waals surface area contributed by atoms with Gasteiger partial charge in [-0.15, -0.1) is 0 Å². The normalized spacial score (nSPS) is 23.5. The van der Waals surface area contributed by atoms with E-state index in [4.69, 9.17) is 10.8 Å². The molecule has 0 saturated heterocycles. The van der Waals surface area contributed by atoms with Crippen molar-refractivity contribution in [1.82, 2.24) is 0 Å². The van der Waals surface area contributed by atoms with Gasteiger partial charge < -0.3 is 10.8 Å². The average molecular weight is 205 g/mol. The van der Waals surface area contributed by atoms with Crippen molar-refractivity contribution in [3.63, 3.8) is 0 Å². The summed E-state index contributed by atoms with van der Waals surface area (Å²) in [7, 11) is 0. The Hall–Kier alpha value is -1.84. The number of anilines is 1. The third-order valence-corrected chi connectivity index (χ3v) is 2.64. The number of ketones is 1. The van der Waals surface area contributed by atoms with E-state index >= 15 is 0 Å². The van der Waals surface area contributed by atoms with Crippen LogP contribution < -0.4 is 5.73 Å². The standard InChI is InChI=1S/C11H11NO3/c12-7-3-1-6(2-4-7)10(13)8-5-9(8)11(14)15/h1-4,8-9H,5,12H2,(H,14,15). The zero-order chi connectivity index (χ0) is 11.0. The van der Waals surface area contributed by atoms with Crippen molar-refractivity contribution < 1.29 is 14.7 Å². The molecule has 2 unspecified atom stereocenters. The van der Waals surface area contributed by atoms with Gasteiger partial charge in [0.1, 0.15) is 0 Å². The van der Waals surface area contributed by atoms with Crippen molar-refractivity contribution in [3.8, 4) is 0 Å². The van der Waals surface area contributed by atoms with Gasteiger partial charge in [-0.05, 0) is 30.7 Å². The fourth-order valence-corrected chi connectivity index (χ4v) is 1.62. The molecule has 0 aliphatic heterocycles. The van der Waals surface area contributed by atoms with Crippen LogP contribution in [0.2, 0.25) is 0 Å². The first-order valence-corrected chi connectivity index (χ1v) is 4.72. The molecule has 1 fully saturated rings. The smallest absolute Gasteiger partial charge is 0.307 e. The van der Waals surface area contributed by atoms with Crippen LogP contribution in [-0.4, -0.2) is 16.9 Å². The third-order valence-electron chi connectivity index (χ3n) is 2.64. The van der Waals surface area contributed by atoms with Gasteiger partial charge in [-0.2, -0.15) is 0 Å². The lowest BCUT2D eigenvalue weighted by atomic mass is 10.1. The van der Waals surface area contributed by atoms with Gasteiger partial charge >= 0.3 is 5.97 Å². The minimum atomic E-state index is -0.885. The van der Waals surface area contributed by atoms with E-state index < -0.39 is 11.9 Å². The van der Waals surface area contributed by atoms with Gasteiger partial charge in [0.2, 0.25) is 0 Å². The Morgan fingerprint density at radius 1 is 1.20 bits per heavy atom. The number of nitrogens with two attached hydrogens (primary N) is 1. The first-order valence-electron chi connectivity index (χ1n) is 4.72. The third kappa shape index (κ3) is 1.83. The van der Waals surface area contributed by atoms with Crippen LogP contribution in [0.3, 0.4) is 0 Å². The van der Waals surface area contributed by atoms with E-state index in [1.54, 1.807) is 24.3 Å². The lowest BCUT2D eigenvalue weighted by Gasteiger charge is -1.99. The predicted molar refractivity (Wildman–Crippen MR) is 54.4 cm³/mol. The van der Waals surface area contributed by atoms with E-state index in [0.717, 1.165) is 0 Å². The molecule has 1 aliphatic carbocycles. The van der Waals surface area contributed by atoms with E-state index in [9.17, 15) is 9.59 Å². The van der Waals surface area contributed by atoms with Gasteiger partial charge in [0.15, 0.2) is 5.78 Å². The zero-order valence-electron chi connectivity index (χ0n) is 8.01. The monoisotopic (exact) mass is 205 g/mol. The number of hydrogen-bond donors (Lipinski definition) is 2. The Morgan fingerprint density at radius 2 is 1.80 bits per heavy atom. The summed E-state index contributed by atoms with van der Waals surface area (Å²) in [5, 5.41) is 8.69. The first kappa shape index (κ1) is 9.71. The molecule has 1 aromatic carbocycles. The highest BCUT2D eigenvalue weighted by atomic mass is 16.4. The second-order valence-corrected chi connectivity index (χ2v) is 3.77. The molecule has 0 bridgehead atoms. The van der Waals surface area contributed by atoms with E-state index in [0.29, 0.717) is 17.7 Å². The number of carboxylic acids is 1. The molecular formula is C11H11NO3. The second-order valence-electron chi connectivity index (χ2n) is 3.77. The van der Waals surface area contributed by atoms with E-state index in [2.05, 4.69) is 0 Å². The molecule has 3 N–H and O–H groups in total. The van der Waals surface area contributed by atoms with Crippen LogP contribution in [0.25, 0.3) is 0 Å². The van der Waals surface area contributed by atoms with Crippen LogP contribution in [0.15, 0.2) is 24.3 Å². The number of nitrogen functional groups attached to an aromatic ring is 1.